The average molecular weight is 528 g/mol. The number of carboxylic acids is 1. The fourth-order valence-corrected chi connectivity index (χ4v) is 5.27. The van der Waals surface area contributed by atoms with Gasteiger partial charge in [-0.3, -0.25) is 0 Å². The molecule has 2 aliphatic rings. The maximum absolute atomic E-state index is 11.2. The van der Waals surface area contributed by atoms with Crippen LogP contribution in [0, 0.1) is 0 Å². The van der Waals surface area contributed by atoms with Crippen LogP contribution in [0.4, 0.5) is 17.5 Å². The van der Waals surface area contributed by atoms with Gasteiger partial charge in [-0.1, -0.05) is 6.07 Å². The third-order valence-corrected chi connectivity index (χ3v) is 7.40. The second-order valence-corrected chi connectivity index (χ2v) is 10.1. The largest absolute Gasteiger partial charge is 0.478 e. The molecular weight excluding hydrogens is 494 g/mol. The summed E-state index contributed by atoms with van der Waals surface area (Å²) in [5.74, 6) is 0.315. The second-order valence-electron chi connectivity index (χ2n) is 10.1. The van der Waals surface area contributed by atoms with Crippen LogP contribution in [0.2, 0.25) is 0 Å². The number of ether oxygens (including phenoxy) is 1. The van der Waals surface area contributed by atoms with Crippen LogP contribution in [0.25, 0.3) is 22.3 Å². The number of carboxylic acid groups (broad SMARTS) is 1. The van der Waals surface area contributed by atoms with E-state index in [1.54, 1.807) is 24.3 Å². The topological polar surface area (TPSA) is 109 Å². The summed E-state index contributed by atoms with van der Waals surface area (Å²) in [6.45, 7) is 7.25. The highest BCUT2D eigenvalue weighted by Gasteiger charge is 2.18. The Hall–Kier alpha value is -4.02. The number of morpholine rings is 1. The van der Waals surface area contributed by atoms with Gasteiger partial charge in [0.1, 0.15) is 5.82 Å². The summed E-state index contributed by atoms with van der Waals surface area (Å²) in [4.78, 5) is 30.3. The van der Waals surface area contributed by atoms with Crippen molar-refractivity contribution in [1.82, 2.24) is 24.4 Å². The van der Waals surface area contributed by atoms with Crippen LogP contribution in [-0.4, -0.2) is 81.4 Å². The van der Waals surface area contributed by atoms with Crippen LogP contribution in [-0.2, 0) is 11.3 Å². The standard InChI is InChI=1S/C29H33N7O3/c37-28(38)21-4-7-23(8-5-21)31-27-19-24(32-29(33-27)35-14-16-39-17-15-35)22-6-9-26-25(18-22)30-20-36(26)13-3-12-34-10-1-2-11-34/h4-9,18-20H,1-3,10-17H2,(H,37,38)(H,31,32,33). The molecule has 2 aliphatic heterocycles. The van der Waals surface area contributed by atoms with Crippen molar-refractivity contribution in [2.75, 3.05) is 56.2 Å². The normalized spacial score (nSPS) is 16.2. The number of carbonyl (C=O) groups is 1. The molecule has 0 spiro atoms. The molecule has 0 aliphatic carbocycles. The van der Waals surface area contributed by atoms with Crippen LogP contribution in [0.3, 0.4) is 0 Å². The highest BCUT2D eigenvalue weighted by atomic mass is 16.5. The molecule has 0 saturated carbocycles. The van der Waals surface area contributed by atoms with Gasteiger partial charge in [0.05, 0.1) is 41.8 Å². The molecule has 0 bridgehead atoms. The fourth-order valence-electron chi connectivity index (χ4n) is 5.27. The highest BCUT2D eigenvalue weighted by Crippen LogP contribution is 2.28. The third-order valence-electron chi connectivity index (χ3n) is 7.40. The van der Waals surface area contributed by atoms with Crippen molar-refractivity contribution in [3.63, 3.8) is 0 Å². The van der Waals surface area contributed by atoms with E-state index in [0.717, 1.165) is 60.6 Å². The number of fused-ring (bicyclic) bond motifs is 1. The average Bonchev–Trinajstić information content (AvgIpc) is 3.64. The van der Waals surface area contributed by atoms with E-state index in [0.29, 0.717) is 25.0 Å². The number of aromatic nitrogens is 4. The van der Waals surface area contributed by atoms with Crippen molar-refractivity contribution in [3.8, 4) is 11.3 Å². The van der Waals surface area contributed by atoms with Crippen molar-refractivity contribution < 1.29 is 14.6 Å². The van der Waals surface area contributed by atoms with Gasteiger partial charge in [-0.05, 0) is 75.3 Å². The van der Waals surface area contributed by atoms with Crippen molar-refractivity contribution in [3.05, 3.63) is 60.4 Å². The number of anilines is 3. The van der Waals surface area contributed by atoms with E-state index in [9.17, 15) is 9.90 Å². The molecule has 2 aromatic carbocycles. The van der Waals surface area contributed by atoms with E-state index in [1.165, 1.54) is 25.9 Å². The van der Waals surface area contributed by atoms with Gasteiger partial charge in [0.25, 0.3) is 0 Å². The number of likely N-dealkylation sites (tertiary alicyclic amines) is 1. The first-order chi connectivity index (χ1) is 19.1. The Morgan fingerprint density at radius 3 is 2.51 bits per heavy atom. The van der Waals surface area contributed by atoms with Crippen molar-refractivity contribution in [2.45, 2.75) is 25.8 Å². The Morgan fingerprint density at radius 2 is 1.74 bits per heavy atom. The molecule has 0 amide bonds. The van der Waals surface area contributed by atoms with Crippen molar-refractivity contribution in [1.29, 1.82) is 0 Å². The van der Waals surface area contributed by atoms with Gasteiger partial charge in [0, 0.05) is 37.0 Å². The number of benzene rings is 2. The molecule has 0 unspecified atom stereocenters. The van der Waals surface area contributed by atoms with Crippen LogP contribution in [0.1, 0.15) is 29.6 Å². The zero-order valence-electron chi connectivity index (χ0n) is 21.9. The number of rotatable bonds is 9. The minimum atomic E-state index is -0.954. The monoisotopic (exact) mass is 527 g/mol. The summed E-state index contributed by atoms with van der Waals surface area (Å²) < 4.78 is 7.76. The lowest BCUT2D eigenvalue weighted by Gasteiger charge is -2.27. The number of aryl methyl sites for hydroxylation is 1. The SMILES string of the molecule is O=C(O)c1ccc(Nc2cc(-c3ccc4c(c3)ncn4CCCN3CCCC3)nc(N3CCOCC3)n2)cc1. The molecule has 2 saturated heterocycles. The Labute approximate surface area is 227 Å². The quantitative estimate of drug-likeness (QED) is 0.330. The van der Waals surface area contributed by atoms with Gasteiger partial charge in [0.2, 0.25) is 5.95 Å². The third kappa shape index (κ3) is 5.86. The Morgan fingerprint density at radius 1 is 0.949 bits per heavy atom. The lowest BCUT2D eigenvalue weighted by Crippen LogP contribution is -2.37. The molecule has 4 heterocycles. The first-order valence-corrected chi connectivity index (χ1v) is 13.6. The van der Waals surface area contributed by atoms with Gasteiger partial charge >= 0.3 is 5.97 Å². The summed E-state index contributed by atoms with van der Waals surface area (Å²) in [7, 11) is 0. The van der Waals surface area contributed by atoms with E-state index in [-0.39, 0.29) is 5.56 Å². The van der Waals surface area contributed by atoms with Gasteiger partial charge in [-0.2, -0.15) is 4.98 Å². The number of imidazole rings is 1. The van der Waals surface area contributed by atoms with Gasteiger partial charge < -0.3 is 29.5 Å². The molecule has 39 heavy (non-hydrogen) atoms. The molecule has 2 N–H and O–H groups in total. The lowest BCUT2D eigenvalue weighted by atomic mass is 10.1. The van der Waals surface area contributed by atoms with E-state index >= 15 is 0 Å². The molecule has 0 atom stereocenters. The summed E-state index contributed by atoms with van der Waals surface area (Å²) in [6, 6.07) is 14.9. The van der Waals surface area contributed by atoms with Gasteiger partial charge in [0.15, 0.2) is 0 Å². The van der Waals surface area contributed by atoms with Crippen LogP contribution < -0.4 is 10.2 Å². The van der Waals surface area contributed by atoms with E-state index in [1.807, 2.05) is 12.4 Å². The smallest absolute Gasteiger partial charge is 0.335 e. The maximum atomic E-state index is 11.2. The Bertz CT molecular complexity index is 1440. The summed E-state index contributed by atoms with van der Waals surface area (Å²) in [5, 5.41) is 12.5. The van der Waals surface area contributed by atoms with E-state index in [2.05, 4.69) is 37.9 Å². The minimum absolute atomic E-state index is 0.238. The molecule has 0 radical (unpaired) electrons. The number of hydrogen-bond donors (Lipinski definition) is 2. The van der Waals surface area contributed by atoms with Crippen LogP contribution in [0.15, 0.2) is 54.9 Å². The number of nitrogens with zero attached hydrogens (tertiary/aromatic N) is 6. The molecule has 2 aromatic heterocycles. The number of hydrogen-bond acceptors (Lipinski definition) is 8. The number of aromatic carboxylic acids is 1. The zero-order chi connectivity index (χ0) is 26.6. The summed E-state index contributed by atoms with van der Waals surface area (Å²) in [6.07, 6.45) is 5.69. The molecule has 6 rings (SSSR count). The number of nitrogens with one attached hydrogen (secondary N) is 1. The zero-order valence-corrected chi connectivity index (χ0v) is 21.9. The highest BCUT2D eigenvalue weighted by molar-refractivity contribution is 5.88. The van der Waals surface area contributed by atoms with Crippen molar-refractivity contribution in [2.24, 2.45) is 0 Å². The second kappa shape index (κ2) is 11.4. The van der Waals surface area contributed by atoms with Gasteiger partial charge in [-0.15, -0.1) is 0 Å². The van der Waals surface area contributed by atoms with Gasteiger partial charge in [-0.25, -0.2) is 14.8 Å². The van der Waals surface area contributed by atoms with E-state index in [4.69, 9.17) is 19.7 Å². The fraction of sp³-hybridized carbons (Fsp3) is 0.379. The first-order valence-electron chi connectivity index (χ1n) is 13.6. The summed E-state index contributed by atoms with van der Waals surface area (Å²) >= 11 is 0. The maximum Gasteiger partial charge on any atom is 0.335 e. The summed E-state index contributed by atoms with van der Waals surface area (Å²) in [5.41, 5.74) is 4.81. The molecule has 10 nitrogen and oxygen atoms in total. The Kier molecular flexibility index (Phi) is 7.38. The molecule has 10 heteroatoms. The lowest BCUT2D eigenvalue weighted by molar-refractivity contribution is 0.0697. The van der Waals surface area contributed by atoms with Crippen LogP contribution >= 0.6 is 0 Å². The van der Waals surface area contributed by atoms with Crippen molar-refractivity contribution >= 4 is 34.5 Å². The van der Waals surface area contributed by atoms with E-state index < -0.39 is 5.97 Å². The Balaban J connectivity index is 1.26. The predicted molar refractivity (Wildman–Crippen MR) is 151 cm³/mol. The molecule has 4 aromatic rings. The molecule has 2 fully saturated rings. The first kappa shape index (κ1) is 25.3. The molecular formula is C29H33N7O3. The minimum Gasteiger partial charge on any atom is -0.478 e. The van der Waals surface area contributed by atoms with Crippen LogP contribution in [0.5, 0.6) is 0 Å². The molecule has 202 valence electrons. The predicted octanol–water partition coefficient (Wildman–Crippen LogP) is 4.26.